The van der Waals surface area contributed by atoms with E-state index >= 15 is 0 Å². The fraction of sp³-hybridized carbons (Fsp3) is 0.235. The first kappa shape index (κ1) is 16.3. The molecule has 0 spiro atoms. The van der Waals surface area contributed by atoms with E-state index in [9.17, 15) is 4.79 Å². The van der Waals surface area contributed by atoms with Crippen LogP contribution in [-0.2, 0) is 4.74 Å². The zero-order valence-corrected chi connectivity index (χ0v) is 14.3. The molecule has 0 N–H and O–H groups in total. The zero-order chi connectivity index (χ0) is 17.3. The molecule has 0 bridgehead atoms. The Kier molecular flexibility index (Phi) is 4.40. The fourth-order valence-corrected chi connectivity index (χ4v) is 2.88. The third kappa shape index (κ3) is 2.59. The molecule has 2 heterocycles. The zero-order valence-electron chi connectivity index (χ0n) is 13.5. The minimum Gasteiger partial charge on any atom is -0.494 e. The number of benzene rings is 1. The number of esters is 1. The molecule has 1 aromatic carbocycles. The van der Waals surface area contributed by atoms with E-state index in [2.05, 4.69) is 10.1 Å². The number of methoxy groups -OCH3 is 1. The van der Waals surface area contributed by atoms with Crippen LogP contribution in [0.4, 0.5) is 0 Å². The van der Waals surface area contributed by atoms with Gasteiger partial charge in [0.25, 0.3) is 0 Å². The quantitative estimate of drug-likeness (QED) is 0.676. The van der Waals surface area contributed by atoms with Gasteiger partial charge in [0, 0.05) is 6.20 Å². The number of para-hydroxylation sites is 2. The van der Waals surface area contributed by atoms with Crippen LogP contribution in [0.2, 0.25) is 5.02 Å². The number of aryl methyl sites for hydroxylation is 1. The molecule has 3 rings (SSSR count). The number of pyridine rings is 1. The van der Waals surface area contributed by atoms with Crippen molar-refractivity contribution >= 4 is 28.6 Å². The summed E-state index contributed by atoms with van der Waals surface area (Å²) in [6.45, 7) is 3.83. The van der Waals surface area contributed by atoms with Crippen molar-refractivity contribution in [3.8, 4) is 11.4 Å². The van der Waals surface area contributed by atoms with Gasteiger partial charge < -0.3 is 9.47 Å². The first-order valence-electron chi connectivity index (χ1n) is 7.42. The first-order valence-corrected chi connectivity index (χ1v) is 7.80. The predicted molar refractivity (Wildman–Crippen MR) is 91.1 cm³/mol. The number of halogens is 1. The van der Waals surface area contributed by atoms with Crippen molar-refractivity contribution in [2.45, 2.75) is 13.8 Å². The maximum atomic E-state index is 12.0. The van der Waals surface area contributed by atoms with Gasteiger partial charge in [0.1, 0.15) is 11.4 Å². The number of carbonyl (C=O) groups is 1. The number of rotatable bonds is 4. The molecular weight excluding hydrogens is 330 g/mol. The Balaban J connectivity index is 2.23. The second-order valence-electron chi connectivity index (χ2n) is 5.07. The van der Waals surface area contributed by atoms with Gasteiger partial charge >= 0.3 is 5.97 Å². The summed E-state index contributed by atoms with van der Waals surface area (Å²) in [6.07, 6.45) is 1.41. The molecule has 0 aliphatic heterocycles. The van der Waals surface area contributed by atoms with Crippen molar-refractivity contribution < 1.29 is 14.3 Å². The van der Waals surface area contributed by atoms with Crippen molar-refractivity contribution in [2.75, 3.05) is 13.7 Å². The van der Waals surface area contributed by atoms with Crippen LogP contribution in [0.15, 0.2) is 30.5 Å². The average molecular weight is 346 g/mol. The van der Waals surface area contributed by atoms with Crippen LogP contribution in [0, 0.1) is 6.92 Å². The van der Waals surface area contributed by atoms with Crippen LogP contribution in [0.1, 0.15) is 23.0 Å². The van der Waals surface area contributed by atoms with Gasteiger partial charge in [0.15, 0.2) is 5.65 Å². The third-order valence-electron chi connectivity index (χ3n) is 3.62. The predicted octanol–water partition coefficient (Wildman–Crippen LogP) is 3.57. The highest BCUT2D eigenvalue weighted by Gasteiger charge is 2.21. The Morgan fingerprint density at radius 2 is 2.08 bits per heavy atom. The molecule has 0 radical (unpaired) electrons. The van der Waals surface area contributed by atoms with Gasteiger partial charge in [0.2, 0.25) is 0 Å². The number of nitrogens with zero attached hydrogens (tertiary/aromatic N) is 3. The smallest absolute Gasteiger partial charge is 0.341 e. The van der Waals surface area contributed by atoms with E-state index in [1.165, 1.54) is 6.20 Å². The molecule has 0 saturated heterocycles. The SMILES string of the molecule is CCOC(=O)c1cnc2c(c(C)nn2-c2ccccc2OC)c1Cl. The minimum atomic E-state index is -0.499. The van der Waals surface area contributed by atoms with Crippen LogP contribution < -0.4 is 4.74 Å². The summed E-state index contributed by atoms with van der Waals surface area (Å²) in [4.78, 5) is 16.4. The number of hydrogen-bond acceptors (Lipinski definition) is 5. The Morgan fingerprint density at radius 1 is 1.33 bits per heavy atom. The lowest BCUT2D eigenvalue weighted by molar-refractivity contribution is 0.0526. The highest BCUT2D eigenvalue weighted by Crippen LogP contribution is 2.32. The monoisotopic (exact) mass is 345 g/mol. The van der Waals surface area contributed by atoms with Crippen molar-refractivity contribution in [2.24, 2.45) is 0 Å². The van der Waals surface area contributed by atoms with E-state index in [0.717, 1.165) is 5.69 Å². The number of carbonyl (C=O) groups excluding carboxylic acids is 1. The molecule has 0 fully saturated rings. The number of fused-ring (bicyclic) bond motifs is 1. The molecule has 0 amide bonds. The second kappa shape index (κ2) is 6.49. The van der Waals surface area contributed by atoms with Gasteiger partial charge in [-0.25, -0.2) is 14.5 Å². The number of aromatic nitrogens is 3. The van der Waals surface area contributed by atoms with Crippen molar-refractivity contribution in [1.29, 1.82) is 0 Å². The summed E-state index contributed by atoms with van der Waals surface area (Å²) in [7, 11) is 1.59. The molecule has 0 atom stereocenters. The van der Waals surface area contributed by atoms with E-state index in [4.69, 9.17) is 21.1 Å². The van der Waals surface area contributed by atoms with E-state index in [1.807, 2.05) is 31.2 Å². The standard InChI is InChI=1S/C17H16ClN3O3/c1-4-24-17(22)11-9-19-16-14(15(11)18)10(2)20-21(16)12-7-5-6-8-13(12)23-3/h5-9H,4H2,1-3H3. The van der Waals surface area contributed by atoms with Gasteiger partial charge in [0.05, 0.1) is 35.4 Å². The van der Waals surface area contributed by atoms with Gasteiger partial charge in [-0.3, -0.25) is 0 Å². The molecular formula is C17H16ClN3O3. The van der Waals surface area contributed by atoms with Crippen LogP contribution in [-0.4, -0.2) is 34.5 Å². The van der Waals surface area contributed by atoms with Gasteiger partial charge in [-0.05, 0) is 26.0 Å². The van der Waals surface area contributed by atoms with Crippen LogP contribution in [0.3, 0.4) is 0 Å². The van der Waals surface area contributed by atoms with Crippen LogP contribution >= 0.6 is 11.6 Å². The molecule has 0 aliphatic carbocycles. The Labute approximate surface area is 144 Å². The van der Waals surface area contributed by atoms with Gasteiger partial charge in [-0.2, -0.15) is 5.10 Å². The summed E-state index contributed by atoms with van der Waals surface area (Å²) in [6, 6.07) is 7.47. The molecule has 6 nitrogen and oxygen atoms in total. The van der Waals surface area contributed by atoms with E-state index in [-0.39, 0.29) is 17.2 Å². The summed E-state index contributed by atoms with van der Waals surface area (Å²) < 4.78 is 12.1. The Morgan fingerprint density at radius 3 is 2.79 bits per heavy atom. The topological polar surface area (TPSA) is 66.2 Å². The van der Waals surface area contributed by atoms with E-state index < -0.39 is 5.97 Å². The molecule has 124 valence electrons. The summed E-state index contributed by atoms with van der Waals surface area (Å²) in [5, 5.41) is 5.42. The summed E-state index contributed by atoms with van der Waals surface area (Å²) >= 11 is 6.43. The second-order valence-corrected chi connectivity index (χ2v) is 5.45. The lowest BCUT2D eigenvalue weighted by Gasteiger charge is -2.09. The van der Waals surface area contributed by atoms with Gasteiger partial charge in [-0.15, -0.1) is 0 Å². The maximum Gasteiger partial charge on any atom is 0.341 e. The molecule has 3 aromatic rings. The molecule has 7 heteroatoms. The Bertz CT molecular complexity index is 921. The van der Waals surface area contributed by atoms with E-state index in [0.29, 0.717) is 22.5 Å². The van der Waals surface area contributed by atoms with Crippen molar-refractivity contribution in [1.82, 2.24) is 14.8 Å². The van der Waals surface area contributed by atoms with Crippen molar-refractivity contribution in [3.05, 3.63) is 46.7 Å². The highest BCUT2D eigenvalue weighted by molar-refractivity contribution is 6.38. The molecule has 0 aliphatic rings. The summed E-state index contributed by atoms with van der Waals surface area (Å²) in [5.41, 5.74) is 2.19. The van der Waals surface area contributed by atoms with Gasteiger partial charge in [-0.1, -0.05) is 23.7 Å². The molecule has 24 heavy (non-hydrogen) atoms. The number of hydrogen-bond donors (Lipinski definition) is 0. The number of ether oxygens (including phenoxy) is 2. The molecule has 0 unspecified atom stereocenters. The fourth-order valence-electron chi connectivity index (χ4n) is 2.53. The van der Waals surface area contributed by atoms with Crippen LogP contribution in [0.25, 0.3) is 16.7 Å². The average Bonchev–Trinajstić information content (AvgIpc) is 2.92. The lowest BCUT2D eigenvalue weighted by Crippen LogP contribution is -2.07. The normalized spacial score (nSPS) is 10.8. The van der Waals surface area contributed by atoms with E-state index in [1.54, 1.807) is 18.7 Å². The summed E-state index contributed by atoms with van der Waals surface area (Å²) in [5.74, 6) is 0.163. The Hall–Kier alpha value is -2.60. The largest absolute Gasteiger partial charge is 0.494 e. The highest BCUT2D eigenvalue weighted by atomic mass is 35.5. The van der Waals surface area contributed by atoms with Crippen molar-refractivity contribution in [3.63, 3.8) is 0 Å². The third-order valence-corrected chi connectivity index (χ3v) is 4.01. The maximum absolute atomic E-state index is 12.0. The molecule has 2 aromatic heterocycles. The minimum absolute atomic E-state index is 0.230. The first-order chi connectivity index (χ1) is 11.6. The molecule has 0 saturated carbocycles. The van der Waals surface area contributed by atoms with Crippen LogP contribution in [0.5, 0.6) is 5.75 Å². The lowest BCUT2D eigenvalue weighted by atomic mass is 10.2.